The Bertz CT molecular complexity index is 1210. The zero-order valence-corrected chi connectivity index (χ0v) is 26.5. The minimum absolute atomic E-state index is 0.0325. The van der Waals surface area contributed by atoms with Crippen molar-refractivity contribution in [3.05, 3.63) is 35.9 Å². The van der Waals surface area contributed by atoms with Crippen LogP contribution < -0.4 is 37.6 Å². The van der Waals surface area contributed by atoms with E-state index in [9.17, 15) is 33.9 Å². The summed E-state index contributed by atoms with van der Waals surface area (Å²) >= 11 is 0. The summed E-state index contributed by atoms with van der Waals surface area (Å²) in [5.74, 6) is -4.76. The number of carboxylic acid groups (broad SMARTS) is 1. The van der Waals surface area contributed by atoms with Crippen molar-refractivity contribution in [2.24, 2.45) is 11.7 Å². The van der Waals surface area contributed by atoms with Crippen LogP contribution in [0.1, 0.15) is 70.8 Å². The third-order valence-electron chi connectivity index (χ3n) is 7.39. The van der Waals surface area contributed by atoms with E-state index in [1.165, 1.54) is 0 Å². The number of nitrogens with one attached hydrogen (secondary N) is 7. The van der Waals surface area contributed by atoms with E-state index in [1.807, 2.05) is 0 Å². The van der Waals surface area contributed by atoms with Crippen LogP contribution in [0.3, 0.4) is 0 Å². The number of hydrogen-bond acceptors (Lipinski definition) is 7. The smallest absolute Gasteiger partial charge is 0.305 e. The molecule has 1 heterocycles. The number of guanidine groups is 1. The molecule has 0 bridgehead atoms. The van der Waals surface area contributed by atoms with E-state index in [-0.39, 0.29) is 25.2 Å². The Morgan fingerprint density at radius 1 is 0.848 bits per heavy atom. The molecule has 15 heteroatoms. The number of carboxylic acids is 1. The van der Waals surface area contributed by atoms with Crippen LogP contribution in [0, 0.1) is 11.3 Å². The maximum atomic E-state index is 13.7. The number of amides is 5. The van der Waals surface area contributed by atoms with Crippen molar-refractivity contribution in [2.45, 2.75) is 95.8 Å². The minimum atomic E-state index is -1.53. The molecule has 1 aromatic rings. The third kappa shape index (κ3) is 14.4. The van der Waals surface area contributed by atoms with Crippen LogP contribution in [0.15, 0.2) is 30.3 Å². The van der Waals surface area contributed by atoms with Crippen LogP contribution in [0.2, 0.25) is 0 Å². The molecule has 254 valence electrons. The maximum absolute atomic E-state index is 13.7. The summed E-state index contributed by atoms with van der Waals surface area (Å²) < 4.78 is 0. The molecule has 5 amide bonds. The lowest BCUT2D eigenvalue weighted by Gasteiger charge is -2.26. The van der Waals surface area contributed by atoms with Gasteiger partial charge >= 0.3 is 5.97 Å². The molecule has 1 fully saturated rings. The topological polar surface area (TPSA) is 245 Å². The molecule has 2 rings (SSSR count). The fourth-order valence-electron chi connectivity index (χ4n) is 4.93. The fourth-order valence-corrected chi connectivity index (χ4v) is 4.93. The van der Waals surface area contributed by atoms with Gasteiger partial charge in [-0.15, -0.1) is 0 Å². The Hall–Kier alpha value is -4.69. The lowest BCUT2D eigenvalue weighted by Crippen LogP contribution is -2.58. The van der Waals surface area contributed by atoms with Gasteiger partial charge < -0.3 is 42.7 Å². The minimum Gasteiger partial charge on any atom is -0.481 e. The van der Waals surface area contributed by atoms with Crippen molar-refractivity contribution < 1.29 is 33.9 Å². The first-order valence-electron chi connectivity index (χ1n) is 15.7. The van der Waals surface area contributed by atoms with Crippen LogP contribution in [0.25, 0.3) is 0 Å². The second-order valence-electron chi connectivity index (χ2n) is 11.8. The van der Waals surface area contributed by atoms with Gasteiger partial charge in [-0.2, -0.15) is 0 Å². The van der Waals surface area contributed by atoms with E-state index >= 15 is 0 Å². The normalized spacial score (nSPS) is 21.5. The lowest BCUT2D eigenvalue weighted by atomic mass is 10.0. The molecule has 46 heavy (non-hydrogen) atoms. The average molecular weight is 645 g/mol. The Kier molecular flexibility index (Phi) is 16.0. The fraction of sp³-hybridized carbons (Fsp3) is 0.581. The van der Waals surface area contributed by atoms with E-state index in [2.05, 4.69) is 45.7 Å². The van der Waals surface area contributed by atoms with E-state index in [0.717, 1.165) is 12.8 Å². The Morgan fingerprint density at radius 2 is 1.41 bits per heavy atom. The summed E-state index contributed by atoms with van der Waals surface area (Å²) in [5.41, 5.74) is 6.02. The van der Waals surface area contributed by atoms with Gasteiger partial charge in [0.2, 0.25) is 29.5 Å². The quantitative estimate of drug-likeness (QED) is 0.0728. The van der Waals surface area contributed by atoms with E-state index in [0.29, 0.717) is 37.3 Å². The van der Waals surface area contributed by atoms with Crippen molar-refractivity contribution in [1.82, 2.24) is 31.9 Å². The molecule has 1 aromatic carbocycles. The van der Waals surface area contributed by atoms with Crippen molar-refractivity contribution >= 4 is 41.5 Å². The van der Waals surface area contributed by atoms with Gasteiger partial charge in [0.15, 0.2) is 5.96 Å². The van der Waals surface area contributed by atoms with Crippen LogP contribution in [-0.4, -0.2) is 83.8 Å². The number of rotatable bonds is 14. The summed E-state index contributed by atoms with van der Waals surface area (Å²) in [6.45, 7) is 3.97. The molecular formula is C31H48N8O7. The zero-order valence-electron chi connectivity index (χ0n) is 26.5. The molecule has 0 unspecified atom stereocenters. The zero-order chi connectivity index (χ0) is 34.1. The van der Waals surface area contributed by atoms with Crippen LogP contribution in [0.4, 0.5) is 0 Å². The summed E-state index contributed by atoms with van der Waals surface area (Å²) in [6.07, 6.45) is 3.04. The number of carbonyl (C=O) groups excluding carboxylic acids is 5. The van der Waals surface area contributed by atoms with E-state index in [4.69, 9.17) is 11.1 Å². The first kappa shape index (κ1) is 37.5. The second-order valence-corrected chi connectivity index (χ2v) is 11.8. The van der Waals surface area contributed by atoms with E-state index < -0.39 is 72.6 Å². The number of nitrogens with two attached hydrogens (primary N) is 1. The Balaban J connectivity index is 2.41. The van der Waals surface area contributed by atoms with Gasteiger partial charge in [0.25, 0.3) is 0 Å². The number of hydrogen-bond donors (Lipinski definition) is 9. The first-order valence-corrected chi connectivity index (χ1v) is 15.7. The lowest BCUT2D eigenvalue weighted by molar-refractivity contribution is -0.141. The molecule has 15 nitrogen and oxygen atoms in total. The molecular weight excluding hydrogens is 596 g/mol. The standard InChI is InChI=1S/C31H48N8O7/c1-19(2)10-6-7-13-22-28(44)37-21(14-8-9-15-34-31(32)33)27(43)35-18-25(40)36-24(17-26(41)42)30(46)39-23(29(45)38-22)16-20-11-4-3-5-12-20/h3-5,11-12,19,21-24H,6-10,13-18H2,1-2H3,(H,35,43)(H,36,40)(H,37,44)(H,38,45)(H,39,46)(H,41,42)(H4,32,33,34)/t21-,22-,23+,24-/m0/s1. The molecule has 0 radical (unpaired) electrons. The third-order valence-corrected chi connectivity index (χ3v) is 7.39. The van der Waals surface area contributed by atoms with Crippen molar-refractivity contribution in [3.63, 3.8) is 0 Å². The van der Waals surface area contributed by atoms with Crippen LogP contribution in [0.5, 0.6) is 0 Å². The molecule has 0 aliphatic carbocycles. The maximum Gasteiger partial charge on any atom is 0.305 e. The molecule has 0 aromatic heterocycles. The highest BCUT2D eigenvalue weighted by Crippen LogP contribution is 2.12. The summed E-state index contributed by atoms with van der Waals surface area (Å²) in [5, 5.41) is 32.2. The number of unbranched alkanes of at least 4 members (excludes halogenated alkanes) is 2. The predicted octanol–water partition coefficient (Wildman–Crippen LogP) is -0.357. The summed E-state index contributed by atoms with van der Waals surface area (Å²) in [7, 11) is 0. The van der Waals surface area contributed by atoms with Crippen LogP contribution in [-0.2, 0) is 35.2 Å². The number of carbonyl (C=O) groups is 6. The highest BCUT2D eigenvalue weighted by Gasteiger charge is 2.33. The van der Waals surface area contributed by atoms with Gasteiger partial charge in [-0.3, -0.25) is 34.2 Å². The molecule has 0 saturated carbocycles. The largest absolute Gasteiger partial charge is 0.481 e. The van der Waals surface area contributed by atoms with Gasteiger partial charge in [-0.25, -0.2) is 0 Å². The number of benzene rings is 1. The van der Waals surface area contributed by atoms with Crippen molar-refractivity contribution in [1.29, 1.82) is 5.41 Å². The monoisotopic (exact) mass is 644 g/mol. The van der Waals surface area contributed by atoms with Crippen LogP contribution >= 0.6 is 0 Å². The van der Waals surface area contributed by atoms with Gasteiger partial charge in [0.05, 0.1) is 13.0 Å². The highest BCUT2D eigenvalue weighted by molar-refractivity contribution is 5.98. The molecule has 4 atom stereocenters. The van der Waals surface area contributed by atoms with Crippen molar-refractivity contribution in [3.8, 4) is 0 Å². The summed E-state index contributed by atoms with van der Waals surface area (Å²) in [4.78, 5) is 78.0. The summed E-state index contributed by atoms with van der Waals surface area (Å²) in [6, 6.07) is 4.00. The Labute approximate surface area is 269 Å². The molecule has 10 N–H and O–H groups in total. The first-order chi connectivity index (χ1) is 21.8. The highest BCUT2D eigenvalue weighted by atomic mass is 16.4. The molecule has 1 aliphatic heterocycles. The SMILES string of the molecule is CC(C)CCCC[C@@H]1NC(=O)[C@@H](Cc2ccccc2)NC(=O)[C@H](CC(=O)O)NC(=O)CNC(=O)[C@H](CCCCNC(=N)N)NC1=O. The average Bonchev–Trinajstić information content (AvgIpc) is 2.99. The van der Waals surface area contributed by atoms with Gasteiger partial charge in [0.1, 0.15) is 24.2 Å². The Morgan fingerprint density at radius 3 is 2.02 bits per heavy atom. The molecule has 1 aliphatic rings. The van der Waals surface area contributed by atoms with Crippen molar-refractivity contribution in [2.75, 3.05) is 13.1 Å². The number of aliphatic carboxylic acids is 1. The molecule has 0 spiro atoms. The predicted molar refractivity (Wildman–Crippen MR) is 170 cm³/mol. The second kappa shape index (κ2) is 19.6. The van der Waals surface area contributed by atoms with Gasteiger partial charge in [-0.1, -0.05) is 63.4 Å². The van der Waals surface area contributed by atoms with Gasteiger partial charge in [-0.05, 0) is 37.2 Å². The van der Waals surface area contributed by atoms with E-state index in [1.54, 1.807) is 30.3 Å². The van der Waals surface area contributed by atoms with Gasteiger partial charge in [0, 0.05) is 13.0 Å². The molecule has 1 saturated heterocycles.